The number of hydrogen-bond acceptors (Lipinski definition) is 4. The Bertz CT molecular complexity index is 418. The zero-order chi connectivity index (χ0) is 10.4. The maximum atomic E-state index is 9.80. The average molecular weight is 226 g/mol. The third-order valence-corrected chi connectivity index (χ3v) is 3.58. The van der Waals surface area contributed by atoms with Gasteiger partial charge in [0.05, 0.1) is 0 Å². The fraction of sp³-hybridized carbons (Fsp3) is 0.400. The van der Waals surface area contributed by atoms with Crippen molar-refractivity contribution in [3.05, 3.63) is 11.6 Å². The normalized spacial score (nSPS) is 19.7. The molecule has 1 aromatic rings. The molecule has 0 fully saturated rings. The van der Waals surface area contributed by atoms with Crippen LogP contribution in [0.4, 0.5) is 0 Å². The molecule has 2 heterocycles. The van der Waals surface area contributed by atoms with E-state index in [9.17, 15) is 5.11 Å². The molecular weight excluding hydrogens is 215 g/mol. The Hall–Kier alpha value is -1.15. The van der Waals surface area contributed by atoms with Crippen molar-refractivity contribution in [1.82, 2.24) is 0 Å². The fourth-order valence-electron chi connectivity index (χ4n) is 1.77. The zero-order valence-corrected chi connectivity index (χ0v) is 9.21. The molecule has 5 heteroatoms. The van der Waals surface area contributed by atoms with Gasteiger partial charge < -0.3 is 18.7 Å². The molecule has 1 aromatic carbocycles. The van der Waals surface area contributed by atoms with E-state index in [2.05, 4.69) is 6.92 Å². The number of fused-ring (bicyclic) bond motifs is 1. The Balaban J connectivity index is 2.04. The maximum absolute atomic E-state index is 9.80. The summed E-state index contributed by atoms with van der Waals surface area (Å²) in [6, 6.07) is 1.62. The van der Waals surface area contributed by atoms with Gasteiger partial charge in [-0.15, -0.1) is 0 Å². The van der Waals surface area contributed by atoms with Gasteiger partial charge in [-0.1, -0.05) is 13.3 Å². The summed E-state index contributed by atoms with van der Waals surface area (Å²) in [5.41, 5.74) is 0.851. The van der Waals surface area contributed by atoms with Crippen molar-refractivity contribution in [3.63, 3.8) is 0 Å². The van der Waals surface area contributed by atoms with Gasteiger partial charge >= 0.3 is 8.60 Å². The van der Waals surface area contributed by atoms with Crippen LogP contribution in [0.15, 0.2) is 6.07 Å². The Morgan fingerprint density at radius 1 is 1.27 bits per heavy atom. The largest absolute Gasteiger partial charge is 0.530 e. The lowest BCUT2D eigenvalue weighted by Gasteiger charge is -2.13. The van der Waals surface area contributed by atoms with E-state index in [1.807, 2.05) is 0 Å². The minimum absolute atomic E-state index is 0.248. The molecule has 1 unspecified atom stereocenters. The average Bonchev–Trinajstić information content (AvgIpc) is 2.76. The summed E-state index contributed by atoms with van der Waals surface area (Å²) in [7, 11) is -1.25. The van der Waals surface area contributed by atoms with Crippen LogP contribution >= 0.6 is 8.60 Å². The molecule has 4 nitrogen and oxygen atoms in total. The van der Waals surface area contributed by atoms with Crippen LogP contribution in [0.1, 0.15) is 25.3 Å². The zero-order valence-electron chi connectivity index (χ0n) is 8.32. The van der Waals surface area contributed by atoms with Crippen molar-refractivity contribution in [2.24, 2.45) is 0 Å². The lowest BCUT2D eigenvalue weighted by atomic mass is 10.1. The third-order valence-electron chi connectivity index (χ3n) is 2.57. The second kappa shape index (κ2) is 3.17. The first-order valence-electron chi connectivity index (χ1n) is 5.02. The van der Waals surface area contributed by atoms with Crippen LogP contribution < -0.4 is 13.6 Å². The van der Waals surface area contributed by atoms with Gasteiger partial charge in [-0.2, -0.15) is 0 Å². The van der Waals surface area contributed by atoms with E-state index in [0.29, 0.717) is 17.2 Å². The van der Waals surface area contributed by atoms with Gasteiger partial charge in [0.25, 0.3) is 0 Å². The topological polar surface area (TPSA) is 47.9 Å². The number of benzene rings is 1. The van der Waals surface area contributed by atoms with Crippen molar-refractivity contribution < 1.29 is 18.7 Å². The van der Waals surface area contributed by atoms with Gasteiger partial charge in [0.1, 0.15) is 5.75 Å². The first kappa shape index (κ1) is 9.10. The minimum atomic E-state index is -1.25. The van der Waals surface area contributed by atoms with Crippen molar-refractivity contribution in [1.29, 1.82) is 0 Å². The molecule has 3 rings (SSSR count). The van der Waals surface area contributed by atoms with Gasteiger partial charge in [-0.25, -0.2) is 0 Å². The van der Waals surface area contributed by atoms with Crippen molar-refractivity contribution in [3.8, 4) is 23.0 Å². The molecule has 15 heavy (non-hydrogen) atoms. The Morgan fingerprint density at radius 3 is 2.80 bits per heavy atom. The number of unbranched alkanes of at least 4 members (excludes halogenated alkanes) is 1. The maximum Gasteiger partial charge on any atom is 0.530 e. The molecule has 1 atom stereocenters. The van der Waals surface area contributed by atoms with Crippen LogP contribution in [0.25, 0.3) is 0 Å². The summed E-state index contributed by atoms with van der Waals surface area (Å²) in [6.07, 6.45) is 2.93. The van der Waals surface area contributed by atoms with Gasteiger partial charge in [0.15, 0.2) is 11.5 Å². The van der Waals surface area contributed by atoms with E-state index in [0.717, 1.165) is 24.8 Å². The fourth-order valence-corrected chi connectivity index (χ4v) is 2.85. The lowest BCUT2D eigenvalue weighted by Crippen LogP contribution is -1.96. The highest BCUT2D eigenvalue weighted by Gasteiger charge is 2.43. The lowest BCUT2D eigenvalue weighted by molar-refractivity contribution is 0.434. The molecule has 0 aliphatic carbocycles. The number of phenols is 1. The van der Waals surface area contributed by atoms with Crippen molar-refractivity contribution >= 4 is 8.60 Å². The summed E-state index contributed by atoms with van der Waals surface area (Å²) < 4.78 is 16.1. The molecule has 2 bridgehead atoms. The highest BCUT2D eigenvalue weighted by molar-refractivity contribution is 7.44. The van der Waals surface area contributed by atoms with Crippen molar-refractivity contribution in [2.45, 2.75) is 26.2 Å². The number of hydrogen-bond donors (Lipinski definition) is 1. The Kier molecular flexibility index (Phi) is 1.93. The standard InChI is InChI=1S/C10H11O4P/c1-2-3-4-6-7(11)5-8-10-9(6)13-15(12-8)14-10/h5,11H,2-4H2,1H3. The summed E-state index contributed by atoms with van der Waals surface area (Å²) >= 11 is 0. The first-order chi connectivity index (χ1) is 7.29. The molecule has 1 N–H and O–H groups in total. The van der Waals surface area contributed by atoms with Gasteiger partial charge in [0.2, 0.25) is 5.75 Å². The molecule has 0 amide bonds. The molecule has 2 aliphatic heterocycles. The predicted octanol–water partition coefficient (Wildman–Crippen LogP) is 3.13. The third kappa shape index (κ3) is 1.25. The minimum Gasteiger partial charge on any atom is -0.507 e. The molecule has 0 spiro atoms. The highest BCUT2D eigenvalue weighted by Crippen LogP contribution is 2.66. The van der Waals surface area contributed by atoms with Crippen LogP contribution in [0.5, 0.6) is 23.0 Å². The monoisotopic (exact) mass is 226 g/mol. The van der Waals surface area contributed by atoms with Crippen LogP contribution in [0, 0.1) is 0 Å². The number of phenolic OH excluding ortho intramolecular Hbond substituents is 1. The molecular formula is C10H11O4P. The van der Waals surface area contributed by atoms with Crippen LogP contribution in [0.2, 0.25) is 0 Å². The van der Waals surface area contributed by atoms with E-state index in [1.165, 1.54) is 0 Å². The van der Waals surface area contributed by atoms with E-state index >= 15 is 0 Å². The Morgan fingerprint density at radius 2 is 2.07 bits per heavy atom. The molecule has 2 aliphatic rings. The van der Waals surface area contributed by atoms with E-state index in [4.69, 9.17) is 13.6 Å². The quantitative estimate of drug-likeness (QED) is 0.804. The second-order valence-electron chi connectivity index (χ2n) is 3.63. The predicted molar refractivity (Wildman–Crippen MR) is 55.5 cm³/mol. The summed E-state index contributed by atoms with van der Waals surface area (Å²) in [5, 5.41) is 9.80. The van der Waals surface area contributed by atoms with Gasteiger partial charge in [-0.3, -0.25) is 0 Å². The molecule has 80 valence electrons. The van der Waals surface area contributed by atoms with Crippen LogP contribution in [-0.2, 0) is 6.42 Å². The van der Waals surface area contributed by atoms with Gasteiger partial charge in [-0.05, 0) is 12.8 Å². The summed E-state index contributed by atoms with van der Waals surface area (Å²) in [6.45, 7) is 2.12. The Labute approximate surface area is 88.8 Å². The number of aromatic hydroxyl groups is 1. The SMILES string of the molecule is CCCCc1c(O)cc2c3c1OP(O2)O3. The van der Waals surface area contributed by atoms with E-state index < -0.39 is 8.60 Å². The van der Waals surface area contributed by atoms with E-state index in [-0.39, 0.29) is 5.75 Å². The first-order valence-corrected chi connectivity index (χ1v) is 6.12. The molecule has 0 saturated carbocycles. The second-order valence-corrected chi connectivity index (χ2v) is 4.63. The van der Waals surface area contributed by atoms with Gasteiger partial charge in [0, 0.05) is 11.6 Å². The summed E-state index contributed by atoms with van der Waals surface area (Å²) in [4.78, 5) is 0. The molecule has 0 radical (unpaired) electrons. The van der Waals surface area contributed by atoms with Crippen LogP contribution in [-0.4, -0.2) is 5.11 Å². The van der Waals surface area contributed by atoms with Crippen LogP contribution in [0.3, 0.4) is 0 Å². The smallest absolute Gasteiger partial charge is 0.507 e. The molecule has 0 aromatic heterocycles. The van der Waals surface area contributed by atoms with Crippen molar-refractivity contribution in [2.75, 3.05) is 0 Å². The summed E-state index contributed by atoms with van der Waals surface area (Å²) in [5.74, 6) is 2.22. The number of rotatable bonds is 3. The molecule has 0 saturated heterocycles. The van der Waals surface area contributed by atoms with E-state index in [1.54, 1.807) is 6.07 Å². The highest BCUT2D eigenvalue weighted by atomic mass is 31.2.